The van der Waals surface area contributed by atoms with Crippen molar-refractivity contribution < 1.29 is 0 Å². The zero-order valence-corrected chi connectivity index (χ0v) is 13.0. The van der Waals surface area contributed by atoms with Crippen LogP contribution >= 0.6 is 11.3 Å². The summed E-state index contributed by atoms with van der Waals surface area (Å²) < 4.78 is 0. The van der Waals surface area contributed by atoms with Gasteiger partial charge in [0.15, 0.2) is 0 Å². The lowest BCUT2D eigenvalue weighted by atomic mass is 9.97. The van der Waals surface area contributed by atoms with E-state index in [0.29, 0.717) is 5.82 Å². The van der Waals surface area contributed by atoms with Gasteiger partial charge in [-0.05, 0) is 42.9 Å². The summed E-state index contributed by atoms with van der Waals surface area (Å²) in [5.74, 6) is 0.625. The minimum absolute atomic E-state index is 0.00267. The number of benzene rings is 1. The van der Waals surface area contributed by atoms with Crippen LogP contribution in [-0.2, 0) is 12.8 Å². The van der Waals surface area contributed by atoms with E-state index in [4.69, 9.17) is 0 Å². The summed E-state index contributed by atoms with van der Waals surface area (Å²) in [7, 11) is 0. The van der Waals surface area contributed by atoms with E-state index in [1.807, 2.05) is 42.5 Å². The Hall–Kier alpha value is -2.20. The SMILES string of the molecule is O=c1[nH]c(C=Cc2ccccc2)nc2sc3c(c12)CCCC3. The van der Waals surface area contributed by atoms with E-state index >= 15 is 0 Å². The van der Waals surface area contributed by atoms with E-state index < -0.39 is 0 Å². The summed E-state index contributed by atoms with van der Waals surface area (Å²) in [6.07, 6.45) is 8.34. The van der Waals surface area contributed by atoms with E-state index in [1.165, 1.54) is 23.3 Å². The summed E-state index contributed by atoms with van der Waals surface area (Å²) in [6.45, 7) is 0. The van der Waals surface area contributed by atoms with Crippen LogP contribution in [0.1, 0.15) is 34.7 Å². The van der Waals surface area contributed by atoms with Crippen LogP contribution in [0.15, 0.2) is 35.1 Å². The Morgan fingerprint density at radius 3 is 2.77 bits per heavy atom. The van der Waals surface area contributed by atoms with Gasteiger partial charge in [-0.25, -0.2) is 4.98 Å². The molecule has 0 bridgehead atoms. The highest BCUT2D eigenvalue weighted by Crippen LogP contribution is 2.33. The molecule has 1 N–H and O–H groups in total. The lowest BCUT2D eigenvalue weighted by Crippen LogP contribution is -2.11. The van der Waals surface area contributed by atoms with Gasteiger partial charge in [0.25, 0.3) is 5.56 Å². The van der Waals surface area contributed by atoms with Gasteiger partial charge in [-0.1, -0.05) is 36.4 Å². The number of hydrogen-bond donors (Lipinski definition) is 1. The normalized spacial score (nSPS) is 14.5. The fourth-order valence-corrected chi connectivity index (χ4v) is 4.27. The lowest BCUT2D eigenvalue weighted by molar-refractivity contribution is 0.700. The Labute approximate surface area is 132 Å². The van der Waals surface area contributed by atoms with Crippen molar-refractivity contribution in [1.82, 2.24) is 9.97 Å². The molecule has 22 heavy (non-hydrogen) atoms. The number of hydrogen-bond acceptors (Lipinski definition) is 3. The summed E-state index contributed by atoms with van der Waals surface area (Å²) in [5.41, 5.74) is 2.33. The molecule has 0 fully saturated rings. The molecular weight excluding hydrogens is 292 g/mol. The molecule has 3 nitrogen and oxygen atoms in total. The van der Waals surface area contributed by atoms with E-state index in [2.05, 4.69) is 9.97 Å². The topological polar surface area (TPSA) is 45.8 Å². The van der Waals surface area contributed by atoms with Gasteiger partial charge < -0.3 is 4.98 Å². The second-order valence-electron chi connectivity index (χ2n) is 5.59. The van der Waals surface area contributed by atoms with Crippen molar-refractivity contribution in [3.63, 3.8) is 0 Å². The number of rotatable bonds is 2. The maximum Gasteiger partial charge on any atom is 0.260 e. The van der Waals surface area contributed by atoms with E-state index in [0.717, 1.165) is 28.6 Å². The van der Waals surface area contributed by atoms with E-state index in [-0.39, 0.29) is 5.56 Å². The third-order valence-electron chi connectivity index (χ3n) is 4.08. The Morgan fingerprint density at radius 2 is 1.91 bits per heavy atom. The number of aromatic amines is 1. The van der Waals surface area contributed by atoms with Gasteiger partial charge in [-0.2, -0.15) is 0 Å². The Morgan fingerprint density at radius 1 is 1.09 bits per heavy atom. The predicted octanol–water partition coefficient (Wildman–Crippen LogP) is 4.03. The van der Waals surface area contributed by atoms with Gasteiger partial charge in [0.2, 0.25) is 0 Å². The van der Waals surface area contributed by atoms with Gasteiger partial charge >= 0.3 is 0 Å². The first-order valence-corrected chi connectivity index (χ1v) is 8.40. The molecule has 0 aliphatic heterocycles. The molecule has 2 heterocycles. The molecule has 1 aliphatic rings. The average molecular weight is 308 g/mol. The number of H-pyrrole nitrogens is 1. The molecule has 0 amide bonds. The minimum Gasteiger partial charge on any atom is -0.306 e. The molecule has 110 valence electrons. The predicted molar refractivity (Wildman–Crippen MR) is 92.3 cm³/mol. The molecule has 0 spiro atoms. The molecule has 3 aromatic rings. The highest BCUT2D eigenvalue weighted by Gasteiger charge is 2.19. The van der Waals surface area contributed by atoms with Crippen LogP contribution in [-0.4, -0.2) is 9.97 Å². The summed E-state index contributed by atoms with van der Waals surface area (Å²) in [4.78, 5) is 22.2. The van der Waals surface area contributed by atoms with Gasteiger partial charge in [0.1, 0.15) is 10.7 Å². The van der Waals surface area contributed by atoms with Gasteiger partial charge in [-0.15, -0.1) is 11.3 Å². The Bertz CT molecular complexity index is 906. The molecular formula is C18H16N2OS. The fourth-order valence-electron chi connectivity index (χ4n) is 3.00. The molecule has 0 atom stereocenters. The van der Waals surface area contributed by atoms with Gasteiger partial charge in [-0.3, -0.25) is 4.79 Å². The number of aryl methyl sites for hydroxylation is 2. The average Bonchev–Trinajstić information content (AvgIpc) is 2.92. The summed E-state index contributed by atoms with van der Waals surface area (Å²) >= 11 is 1.68. The smallest absolute Gasteiger partial charge is 0.260 e. The highest BCUT2D eigenvalue weighted by molar-refractivity contribution is 7.18. The molecule has 4 rings (SSSR count). The largest absolute Gasteiger partial charge is 0.306 e. The number of nitrogens with zero attached hydrogens (tertiary/aromatic N) is 1. The van der Waals surface area contributed by atoms with Crippen molar-refractivity contribution in [2.24, 2.45) is 0 Å². The van der Waals surface area contributed by atoms with Crippen LogP contribution in [0.2, 0.25) is 0 Å². The first kappa shape index (κ1) is 13.5. The standard InChI is InChI=1S/C18H16N2OS/c21-17-16-13-8-4-5-9-14(13)22-18(16)20-15(19-17)11-10-12-6-2-1-3-7-12/h1-3,6-7,10-11H,4-5,8-9H2,(H,19,20,21). The zero-order valence-electron chi connectivity index (χ0n) is 12.1. The van der Waals surface area contributed by atoms with Crippen LogP contribution in [0, 0.1) is 0 Å². The van der Waals surface area contributed by atoms with Crippen molar-refractivity contribution >= 4 is 33.7 Å². The van der Waals surface area contributed by atoms with Crippen LogP contribution < -0.4 is 5.56 Å². The number of thiophene rings is 1. The quantitative estimate of drug-likeness (QED) is 0.777. The van der Waals surface area contributed by atoms with E-state index in [9.17, 15) is 4.79 Å². The van der Waals surface area contributed by atoms with Crippen LogP contribution in [0.25, 0.3) is 22.4 Å². The third-order valence-corrected chi connectivity index (χ3v) is 5.26. The maximum absolute atomic E-state index is 12.4. The molecule has 0 radical (unpaired) electrons. The van der Waals surface area contributed by atoms with Gasteiger partial charge in [0, 0.05) is 4.88 Å². The zero-order chi connectivity index (χ0) is 14.9. The van der Waals surface area contributed by atoms with E-state index in [1.54, 1.807) is 11.3 Å². The molecule has 0 unspecified atom stereocenters. The summed E-state index contributed by atoms with van der Waals surface area (Å²) in [5, 5.41) is 0.816. The van der Waals surface area contributed by atoms with Crippen molar-refractivity contribution in [3.8, 4) is 0 Å². The minimum atomic E-state index is -0.00267. The Kier molecular flexibility index (Phi) is 3.39. The van der Waals surface area contributed by atoms with Crippen molar-refractivity contribution in [2.45, 2.75) is 25.7 Å². The number of aromatic nitrogens is 2. The lowest BCUT2D eigenvalue weighted by Gasteiger charge is -2.09. The molecule has 0 saturated carbocycles. The molecule has 2 aromatic heterocycles. The molecule has 1 aliphatic carbocycles. The van der Waals surface area contributed by atoms with Crippen molar-refractivity contribution in [2.75, 3.05) is 0 Å². The number of nitrogens with one attached hydrogen (secondary N) is 1. The molecule has 0 saturated heterocycles. The molecule has 1 aromatic carbocycles. The van der Waals surface area contributed by atoms with Crippen molar-refractivity contribution in [1.29, 1.82) is 0 Å². The first-order valence-electron chi connectivity index (χ1n) is 7.59. The second kappa shape index (κ2) is 5.54. The number of fused-ring (bicyclic) bond motifs is 3. The van der Waals surface area contributed by atoms with Crippen molar-refractivity contribution in [3.05, 3.63) is 62.5 Å². The monoisotopic (exact) mass is 308 g/mol. The second-order valence-corrected chi connectivity index (χ2v) is 6.67. The van der Waals surface area contributed by atoms with Crippen LogP contribution in [0.4, 0.5) is 0 Å². The molecule has 4 heteroatoms. The summed E-state index contributed by atoms with van der Waals surface area (Å²) in [6, 6.07) is 10.0. The van der Waals surface area contributed by atoms with Crippen LogP contribution in [0.3, 0.4) is 0 Å². The fraction of sp³-hybridized carbons (Fsp3) is 0.222. The highest BCUT2D eigenvalue weighted by atomic mass is 32.1. The van der Waals surface area contributed by atoms with Crippen LogP contribution in [0.5, 0.6) is 0 Å². The van der Waals surface area contributed by atoms with Gasteiger partial charge in [0.05, 0.1) is 5.39 Å². The Balaban J connectivity index is 1.77. The maximum atomic E-state index is 12.4. The third kappa shape index (κ3) is 2.40. The first-order chi connectivity index (χ1) is 10.8.